The molecule has 0 atom stereocenters. The van der Waals surface area contributed by atoms with E-state index in [9.17, 15) is 0 Å². The van der Waals surface area contributed by atoms with Gasteiger partial charge in [0.1, 0.15) is 0 Å². The van der Waals surface area contributed by atoms with E-state index in [1.807, 2.05) is 0 Å². The number of hydrogen-bond acceptors (Lipinski definition) is 0. The van der Waals surface area contributed by atoms with Gasteiger partial charge in [0.2, 0.25) is 0 Å². The zero-order valence-electron chi connectivity index (χ0n) is 13.6. The van der Waals surface area contributed by atoms with Crippen LogP contribution in [0.2, 0.25) is 0 Å². The van der Waals surface area contributed by atoms with Gasteiger partial charge < -0.3 is 0 Å². The van der Waals surface area contributed by atoms with Crippen LogP contribution in [0.25, 0.3) is 6.08 Å². The molecule has 0 bridgehead atoms. The van der Waals surface area contributed by atoms with E-state index in [1.54, 1.807) is 0 Å². The van der Waals surface area contributed by atoms with Gasteiger partial charge in [-0.2, -0.15) is 0 Å². The minimum atomic E-state index is -0.187. The molecular formula is C23H20. The van der Waals surface area contributed by atoms with E-state index in [0.717, 1.165) is 0 Å². The van der Waals surface area contributed by atoms with Gasteiger partial charge in [0.05, 0.1) is 5.41 Å². The number of benzene rings is 3. The molecule has 1 aliphatic carbocycles. The number of aryl methyl sites for hydroxylation is 2. The molecule has 0 unspecified atom stereocenters. The van der Waals surface area contributed by atoms with Gasteiger partial charge in [0.25, 0.3) is 0 Å². The van der Waals surface area contributed by atoms with Crippen LogP contribution in [-0.4, -0.2) is 0 Å². The summed E-state index contributed by atoms with van der Waals surface area (Å²) in [7, 11) is 0. The van der Waals surface area contributed by atoms with Gasteiger partial charge in [-0.3, -0.25) is 0 Å². The maximum atomic E-state index is 2.38. The summed E-state index contributed by atoms with van der Waals surface area (Å²) in [5.41, 5.74) is 7.91. The van der Waals surface area contributed by atoms with E-state index >= 15 is 0 Å². The number of allylic oxidation sites excluding steroid dienone is 1. The zero-order chi connectivity index (χ0) is 15.9. The van der Waals surface area contributed by atoms with E-state index in [0.29, 0.717) is 0 Å². The normalized spacial score (nSPS) is 14.7. The number of fused-ring (bicyclic) bond motifs is 1. The van der Waals surface area contributed by atoms with Crippen molar-refractivity contribution in [2.45, 2.75) is 19.3 Å². The third-order valence-corrected chi connectivity index (χ3v) is 5.04. The Kier molecular flexibility index (Phi) is 3.20. The highest BCUT2D eigenvalue weighted by molar-refractivity contribution is 5.74. The Bertz CT molecular complexity index is 854. The Labute approximate surface area is 138 Å². The van der Waals surface area contributed by atoms with Crippen molar-refractivity contribution in [1.82, 2.24) is 0 Å². The molecule has 0 saturated heterocycles. The third-order valence-electron chi connectivity index (χ3n) is 5.04. The standard InChI is InChI=1S/C23H20/c1-17-9-3-6-12-20(17)23(21-13-7-4-10-18(21)2)16-15-19-11-5-8-14-22(19)23/h3-16H,1-2H3. The Morgan fingerprint density at radius 2 is 1.04 bits per heavy atom. The van der Waals surface area contributed by atoms with Crippen molar-refractivity contribution in [3.05, 3.63) is 112 Å². The smallest absolute Gasteiger partial charge is 0.0646 e. The fraction of sp³-hybridized carbons (Fsp3) is 0.130. The third kappa shape index (κ3) is 1.98. The predicted molar refractivity (Wildman–Crippen MR) is 97.7 cm³/mol. The molecule has 0 nitrogen and oxygen atoms in total. The molecule has 0 heterocycles. The minimum Gasteiger partial charge on any atom is -0.0646 e. The first-order chi connectivity index (χ1) is 11.2. The van der Waals surface area contributed by atoms with Gasteiger partial charge in [-0.15, -0.1) is 0 Å². The van der Waals surface area contributed by atoms with Gasteiger partial charge in [-0.25, -0.2) is 0 Å². The van der Waals surface area contributed by atoms with Crippen LogP contribution in [0.4, 0.5) is 0 Å². The lowest BCUT2D eigenvalue weighted by molar-refractivity contribution is 0.778. The predicted octanol–water partition coefficient (Wildman–Crippen LogP) is 5.66. The maximum absolute atomic E-state index is 2.38. The van der Waals surface area contributed by atoms with Crippen LogP contribution in [-0.2, 0) is 5.41 Å². The average Bonchev–Trinajstić information content (AvgIpc) is 2.96. The molecule has 4 rings (SSSR count). The summed E-state index contributed by atoms with van der Waals surface area (Å²) in [6.45, 7) is 4.42. The van der Waals surface area contributed by atoms with Crippen LogP contribution in [0, 0.1) is 13.8 Å². The lowest BCUT2D eigenvalue weighted by atomic mass is 9.68. The topological polar surface area (TPSA) is 0 Å². The van der Waals surface area contributed by atoms with Crippen LogP contribution < -0.4 is 0 Å². The van der Waals surface area contributed by atoms with Gasteiger partial charge in [0, 0.05) is 0 Å². The van der Waals surface area contributed by atoms with Crippen molar-refractivity contribution in [3.63, 3.8) is 0 Å². The van der Waals surface area contributed by atoms with Gasteiger partial charge in [-0.1, -0.05) is 84.9 Å². The van der Waals surface area contributed by atoms with E-state index in [4.69, 9.17) is 0 Å². The monoisotopic (exact) mass is 296 g/mol. The van der Waals surface area contributed by atoms with E-state index < -0.39 is 0 Å². The molecule has 0 radical (unpaired) electrons. The van der Waals surface area contributed by atoms with Gasteiger partial charge in [0.15, 0.2) is 0 Å². The highest BCUT2D eigenvalue weighted by Gasteiger charge is 2.39. The lowest BCUT2D eigenvalue weighted by Crippen LogP contribution is -2.27. The summed E-state index contributed by atoms with van der Waals surface area (Å²) in [4.78, 5) is 0. The molecule has 0 amide bonds. The summed E-state index contributed by atoms with van der Waals surface area (Å²) in [5.74, 6) is 0. The first kappa shape index (κ1) is 14.0. The quantitative estimate of drug-likeness (QED) is 0.572. The van der Waals surface area contributed by atoms with E-state index in [2.05, 4.69) is 98.8 Å². The molecule has 0 spiro atoms. The Hall–Kier alpha value is -2.60. The van der Waals surface area contributed by atoms with Crippen molar-refractivity contribution in [2.75, 3.05) is 0 Å². The second-order valence-corrected chi connectivity index (χ2v) is 6.36. The molecular weight excluding hydrogens is 276 g/mol. The minimum absolute atomic E-state index is 0.187. The highest BCUT2D eigenvalue weighted by atomic mass is 14.4. The summed E-state index contributed by atoms with van der Waals surface area (Å²) >= 11 is 0. The first-order valence-electron chi connectivity index (χ1n) is 8.14. The van der Waals surface area contributed by atoms with Crippen LogP contribution in [0.15, 0.2) is 78.9 Å². The molecule has 0 heteroatoms. The summed E-state index contributed by atoms with van der Waals surface area (Å²) in [6.07, 6.45) is 4.65. The lowest BCUT2D eigenvalue weighted by Gasteiger charge is -2.33. The number of hydrogen-bond donors (Lipinski definition) is 0. The van der Waals surface area contributed by atoms with E-state index in [1.165, 1.54) is 33.4 Å². The fourth-order valence-electron chi connectivity index (χ4n) is 3.95. The van der Waals surface area contributed by atoms with Crippen LogP contribution >= 0.6 is 0 Å². The molecule has 112 valence electrons. The molecule has 0 aliphatic heterocycles. The summed E-state index contributed by atoms with van der Waals surface area (Å²) in [5, 5.41) is 0. The number of rotatable bonds is 2. The molecule has 3 aromatic rings. The van der Waals surface area contributed by atoms with Crippen molar-refractivity contribution in [3.8, 4) is 0 Å². The van der Waals surface area contributed by atoms with E-state index in [-0.39, 0.29) is 5.41 Å². The molecule has 1 aliphatic rings. The molecule has 0 N–H and O–H groups in total. The average molecular weight is 296 g/mol. The van der Waals surface area contributed by atoms with Gasteiger partial charge in [-0.05, 0) is 47.2 Å². The SMILES string of the molecule is Cc1ccccc1C1(c2ccccc2C)C=Cc2ccccc21. The summed E-state index contributed by atoms with van der Waals surface area (Å²) < 4.78 is 0. The second kappa shape index (κ2) is 5.24. The molecule has 0 fully saturated rings. The largest absolute Gasteiger partial charge is 0.0646 e. The maximum Gasteiger partial charge on any atom is 0.0646 e. The Morgan fingerprint density at radius 3 is 1.61 bits per heavy atom. The van der Waals surface area contributed by atoms with Crippen LogP contribution in [0.3, 0.4) is 0 Å². The van der Waals surface area contributed by atoms with Crippen molar-refractivity contribution in [1.29, 1.82) is 0 Å². The molecule has 0 aromatic heterocycles. The highest BCUT2D eigenvalue weighted by Crippen LogP contribution is 2.48. The Morgan fingerprint density at radius 1 is 0.565 bits per heavy atom. The fourth-order valence-corrected chi connectivity index (χ4v) is 3.95. The molecule has 0 saturated carbocycles. The van der Waals surface area contributed by atoms with Crippen molar-refractivity contribution in [2.24, 2.45) is 0 Å². The van der Waals surface area contributed by atoms with Crippen LogP contribution in [0.1, 0.15) is 33.4 Å². The summed E-state index contributed by atoms with van der Waals surface area (Å²) in [6, 6.07) is 26.3. The van der Waals surface area contributed by atoms with Crippen molar-refractivity contribution < 1.29 is 0 Å². The molecule has 3 aromatic carbocycles. The van der Waals surface area contributed by atoms with Crippen LogP contribution in [0.5, 0.6) is 0 Å². The first-order valence-corrected chi connectivity index (χ1v) is 8.14. The van der Waals surface area contributed by atoms with Gasteiger partial charge >= 0.3 is 0 Å². The van der Waals surface area contributed by atoms with Crippen molar-refractivity contribution >= 4 is 6.08 Å². The molecule has 23 heavy (non-hydrogen) atoms. The zero-order valence-corrected chi connectivity index (χ0v) is 13.6. The second-order valence-electron chi connectivity index (χ2n) is 6.36. The Balaban J connectivity index is 2.11.